The molecule has 1 aliphatic carbocycles. The third-order valence-electron chi connectivity index (χ3n) is 3.67. The number of rotatable bonds is 3. The molecule has 0 bridgehead atoms. The molecule has 1 aliphatic rings. The van der Waals surface area contributed by atoms with Crippen LogP contribution >= 0.6 is 22.6 Å². The average molecular weight is 351 g/mol. The van der Waals surface area contributed by atoms with Crippen molar-refractivity contribution in [2.24, 2.45) is 0 Å². The fourth-order valence-electron chi connectivity index (χ4n) is 2.54. The van der Waals surface area contributed by atoms with Gasteiger partial charge in [-0.3, -0.25) is 0 Å². The van der Waals surface area contributed by atoms with Gasteiger partial charge >= 0.3 is 0 Å². The lowest BCUT2D eigenvalue weighted by Crippen LogP contribution is -2.22. The number of allylic oxidation sites excluding steroid dienone is 2. The summed E-state index contributed by atoms with van der Waals surface area (Å²) in [4.78, 5) is 0. The fourth-order valence-corrected chi connectivity index (χ4v) is 3.44. The maximum atomic E-state index is 8.55. The lowest BCUT2D eigenvalue weighted by atomic mass is 9.81. The van der Waals surface area contributed by atoms with Crippen LogP contribution in [0.2, 0.25) is 0 Å². The standard InChI is InChI=1S/C16H18IN/c17-16(15-7-2-1-3-8-15)11-9-14(10-12-16)6-4-5-13-18/h1-3,6-8H,4-5,9-12H2. The second-order valence-corrected chi connectivity index (χ2v) is 6.96. The van der Waals surface area contributed by atoms with Gasteiger partial charge < -0.3 is 0 Å². The highest BCUT2D eigenvalue weighted by molar-refractivity contribution is 14.1. The first-order chi connectivity index (χ1) is 8.74. The van der Waals surface area contributed by atoms with Gasteiger partial charge in [0.15, 0.2) is 0 Å². The zero-order chi connectivity index (χ0) is 12.8. The Morgan fingerprint density at radius 2 is 1.89 bits per heavy atom. The van der Waals surface area contributed by atoms with E-state index in [1.807, 2.05) is 0 Å². The molecule has 0 N–H and O–H groups in total. The van der Waals surface area contributed by atoms with Gasteiger partial charge in [-0.05, 0) is 37.7 Å². The number of unbranched alkanes of at least 4 members (excludes halogenated alkanes) is 1. The minimum atomic E-state index is 0.311. The zero-order valence-corrected chi connectivity index (χ0v) is 12.7. The molecule has 0 saturated heterocycles. The van der Waals surface area contributed by atoms with Crippen molar-refractivity contribution in [3.05, 3.63) is 47.5 Å². The summed E-state index contributed by atoms with van der Waals surface area (Å²) in [6, 6.07) is 13.0. The Morgan fingerprint density at radius 1 is 1.22 bits per heavy atom. The van der Waals surface area contributed by atoms with Crippen LogP contribution in [0.1, 0.15) is 44.1 Å². The molecule has 0 heterocycles. The molecule has 94 valence electrons. The van der Waals surface area contributed by atoms with Crippen LogP contribution in [0.3, 0.4) is 0 Å². The number of halogens is 1. The van der Waals surface area contributed by atoms with Crippen LogP contribution in [0.4, 0.5) is 0 Å². The maximum Gasteiger partial charge on any atom is 0.0625 e. The molecule has 0 amide bonds. The van der Waals surface area contributed by atoms with Gasteiger partial charge in [-0.25, -0.2) is 0 Å². The summed E-state index contributed by atoms with van der Waals surface area (Å²) in [5.41, 5.74) is 3.01. The average Bonchev–Trinajstić information content (AvgIpc) is 2.42. The van der Waals surface area contributed by atoms with E-state index < -0.39 is 0 Å². The molecular formula is C16H18IN. The number of nitriles is 1. The van der Waals surface area contributed by atoms with Crippen molar-refractivity contribution in [1.82, 2.24) is 0 Å². The zero-order valence-electron chi connectivity index (χ0n) is 10.5. The Bertz CT molecular complexity index is 446. The van der Waals surface area contributed by atoms with Gasteiger partial charge in [-0.15, -0.1) is 0 Å². The van der Waals surface area contributed by atoms with Crippen LogP contribution in [0, 0.1) is 11.3 Å². The van der Waals surface area contributed by atoms with Gasteiger partial charge in [-0.1, -0.05) is 64.6 Å². The van der Waals surface area contributed by atoms with Gasteiger partial charge in [0, 0.05) is 9.84 Å². The van der Waals surface area contributed by atoms with E-state index in [4.69, 9.17) is 5.26 Å². The minimum absolute atomic E-state index is 0.311. The SMILES string of the molecule is N#CCCC=C1CCC(I)(c2ccccc2)CC1. The maximum absolute atomic E-state index is 8.55. The van der Waals surface area contributed by atoms with Crippen molar-refractivity contribution in [2.75, 3.05) is 0 Å². The van der Waals surface area contributed by atoms with E-state index in [-0.39, 0.29) is 0 Å². The molecule has 1 nitrogen and oxygen atoms in total. The minimum Gasteiger partial charge on any atom is -0.198 e. The number of alkyl halides is 1. The third kappa shape index (κ3) is 3.35. The molecule has 0 spiro atoms. The van der Waals surface area contributed by atoms with Crippen molar-refractivity contribution in [1.29, 1.82) is 5.26 Å². The van der Waals surface area contributed by atoms with E-state index >= 15 is 0 Å². The van der Waals surface area contributed by atoms with Crippen molar-refractivity contribution >= 4 is 22.6 Å². The highest BCUT2D eigenvalue weighted by Crippen LogP contribution is 2.46. The summed E-state index contributed by atoms with van der Waals surface area (Å²) in [5, 5.41) is 8.55. The number of hydrogen-bond acceptors (Lipinski definition) is 1. The first kappa shape index (κ1) is 13.6. The van der Waals surface area contributed by atoms with E-state index in [0.717, 1.165) is 6.42 Å². The predicted octanol–water partition coefficient (Wildman–Crippen LogP) is 5.12. The van der Waals surface area contributed by atoms with Crippen LogP contribution in [0.5, 0.6) is 0 Å². The molecular weight excluding hydrogens is 333 g/mol. The van der Waals surface area contributed by atoms with Gasteiger partial charge in [-0.2, -0.15) is 5.26 Å². The second kappa shape index (κ2) is 6.38. The highest BCUT2D eigenvalue weighted by atomic mass is 127. The van der Waals surface area contributed by atoms with Gasteiger partial charge in [0.05, 0.1) is 6.07 Å². The van der Waals surface area contributed by atoms with E-state index in [9.17, 15) is 0 Å². The number of hydrogen-bond donors (Lipinski definition) is 0. The van der Waals surface area contributed by atoms with E-state index in [1.165, 1.54) is 31.2 Å². The third-order valence-corrected chi connectivity index (χ3v) is 5.37. The van der Waals surface area contributed by atoms with Gasteiger partial charge in [0.25, 0.3) is 0 Å². The number of benzene rings is 1. The topological polar surface area (TPSA) is 23.8 Å². The van der Waals surface area contributed by atoms with Crippen molar-refractivity contribution < 1.29 is 0 Å². The highest BCUT2D eigenvalue weighted by Gasteiger charge is 2.31. The van der Waals surface area contributed by atoms with Crippen molar-refractivity contribution in [3.8, 4) is 6.07 Å². The van der Waals surface area contributed by atoms with E-state index in [2.05, 4.69) is 65.1 Å². The molecule has 18 heavy (non-hydrogen) atoms. The Balaban J connectivity index is 1.98. The molecule has 0 unspecified atom stereocenters. The Labute approximate surface area is 123 Å². The van der Waals surface area contributed by atoms with Crippen LogP contribution in [-0.4, -0.2) is 0 Å². The fraction of sp³-hybridized carbons (Fsp3) is 0.438. The number of nitrogens with zero attached hydrogens (tertiary/aromatic N) is 1. The molecule has 1 aromatic carbocycles. The van der Waals surface area contributed by atoms with E-state index in [0.29, 0.717) is 9.84 Å². The van der Waals surface area contributed by atoms with Gasteiger partial charge in [0.1, 0.15) is 0 Å². The largest absolute Gasteiger partial charge is 0.198 e. The van der Waals surface area contributed by atoms with Crippen molar-refractivity contribution in [2.45, 2.75) is 41.9 Å². The van der Waals surface area contributed by atoms with Crippen LogP contribution in [0.15, 0.2) is 42.0 Å². The summed E-state index contributed by atoms with van der Waals surface area (Å²) in [6.45, 7) is 0. The molecule has 0 atom stereocenters. The predicted molar refractivity (Wildman–Crippen MR) is 83.5 cm³/mol. The molecule has 2 rings (SSSR count). The Morgan fingerprint density at radius 3 is 2.50 bits per heavy atom. The van der Waals surface area contributed by atoms with Crippen LogP contribution in [-0.2, 0) is 3.42 Å². The van der Waals surface area contributed by atoms with E-state index in [1.54, 1.807) is 5.57 Å². The summed E-state index contributed by atoms with van der Waals surface area (Å²) in [5.74, 6) is 0. The molecule has 0 aliphatic heterocycles. The summed E-state index contributed by atoms with van der Waals surface area (Å²) >= 11 is 2.63. The molecule has 1 aromatic rings. The molecule has 2 heteroatoms. The Kier molecular flexibility index (Phi) is 4.82. The normalized spacial score (nSPS) is 23.4. The first-order valence-corrected chi connectivity index (χ1v) is 7.62. The molecule has 0 radical (unpaired) electrons. The lowest BCUT2D eigenvalue weighted by molar-refractivity contribution is 0.493. The Hall–Kier alpha value is -0.820. The quantitative estimate of drug-likeness (QED) is 0.321. The van der Waals surface area contributed by atoms with Crippen LogP contribution < -0.4 is 0 Å². The van der Waals surface area contributed by atoms with Gasteiger partial charge in [0.2, 0.25) is 0 Å². The monoisotopic (exact) mass is 351 g/mol. The van der Waals surface area contributed by atoms with Crippen molar-refractivity contribution in [3.63, 3.8) is 0 Å². The summed E-state index contributed by atoms with van der Waals surface area (Å²) in [7, 11) is 0. The first-order valence-electron chi connectivity index (χ1n) is 6.54. The molecule has 1 saturated carbocycles. The molecule has 0 aromatic heterocycles. The van der Waals surface area contributed by atoms with Crippen LogP contribution in [0.25, 0.3) is 0 Å². The summed E-state index contributed by atoms with van der Waals surface area (Å²) < 4.78 is 0.311. The smallest absolute Gasteiger partial charge is 0.0625 e. The summed E-state index contributed by atoms with van der Waals surface area (Å²) in [6.07, 6.45) is 8.66. The second-order valence-electron chi connectivity index (χ2n) is 4.89. The lowest BCUT2D eigenvalue weighted by Gasteiger charge is -2.33. The molecule has 1 fully saturated rings.